The molecular weight excluding hydrogens is 645 g/mol. The van der Waals surface area contributed by atoms with Crippen molar-refractivity contribution in [2.24, 2.45) is 4.99 Å². The Kier molecular flexibility index (Phi) is 6.24. The standard InChI is InChI=1S/C49H30N4/c1-29-14-21-39-34(24-25-51-49(39)48(29)50)33-20-23-38-37-22-19-32(26-41(37)35-8-2-3-9-36(35)42(38)27-33)30-15-17-31(18-16-30)47-40-10-4-6-12-44(40)53-45-13-7-5-11-43(45)52-28-46(47)53/h3-4,6,9-10,12-28,43H,11,50H2,1H3. The molecular formula is C49H30N4. The van der Waals surface area contributed by atoms with E-state index in [1.54, 1.807) is 0 Å². The summed E-state index contributed by atoms with van der Waals surface area (Å²) in [5.74, 6) is 6.41. The average molecular weight is 675 g/mol. The lowest BCUT2D eigenvalue weighted by atomic mass is 9.90. The van der Waals surface area contributed by atoms with Crippen LogP contribution in [0.15, 0.2) is 133 Å². The van der Waals surface area contributed by atoms with Gasteiger partial charge in [0.1, 0.15) is 6.04 Å². The second-order valence-corrected chi connectivity index (χ2v) is 14.0. The fourth-order valence-corrected chi connectivity index (χ4v) is 8.53. The molecule has 0 fully saturated rings. The van der Waals surface area contributed by atoms with Crippen molar-refractivity contribution in [1.82, 2.24) is 9.55 Å². The number of nitrogens with zero attached hydrogens (tertiary/aromatic N) is 3. The molecule has 7 aromatic carbocycles. The highest BCUT2D eigenvalue weighted by Crippen LogP contribution is 2.42. The number of hydrogen-bond acceptors (Lipinski definition) is 3. The van der Waals surface area contributed by atoms with Gasteiger partial charge in [0.05, 0.1) is 28.1 Å². The summed E-state index contributed by atoms with van der Waals surface area (Å²) in [6.07, 6.45) is 6.69. The zero-order chi connectivity index (χ0) is 35.2. The van der Waals surface area contributed by atoms with Crippen LogP contribution >= 0.6 is 0 Å². The summed E-state index contributed by atoms with van der Waals surface area (Å²) in [5.41, 5.74) is 19.5. The minimum atomic E-state index is 0.0822. The summed E-state index contributed by atoms with van der Waals surface area (Å²) in [6, 6.07) is 48.4. The molecule has 1 atom stereocenters. The molecule has 11 rings (SSSR count). The van der Waals surface area contributed by atoms with Gasteiger partial charge in [-0.15, -0.1) is 0 Å². The minimum Gasteiger partial charge on any atom is -0.397 e. The molecule has 2 aliphatic rings. The molecule has 0 spiro atoms. The van der Waals surface area contributed by atoms with E-state index in [2.05, 4.69) is 143 Å². The fraction of sp³-hybridized carbons (Fsp3) is 0.0612. The van der Waals surface area contributed by atoms with Crippen LogP contribution in [-0.4, -0.2) is 21.8 Å². The Morgan fingerprint density at radius 2 is 1.49 bits per heavy atom. The van der Waals surface area contributed by atoms with Crippen LogP contribution in [0.3, 0.4) is 0 Å². The first-order valence-electron chi connectivity index (χ1n) is 17.9. The third kappa shape index (κ3) is 4.34. The fourth-order valence-electron chi connectivity index (χ4n) is 8.53. The number of fused-ring (bicyclic) bond motifs is 12. The molecule has 4 heteroatoms. The number of allylic oxidation sites excluding steroid dienone is 1. The topological polar surface area (TPSA) is 56.2 Å². The van der Waals surface area contributed by atoms with Crippen molar-refractivity contribution in [2.75, 3.05) is 5.73 Å². The molecule has 2 N–H and O–H groups in total. The maximum Gasteiger partial charge on any atom is 0.102 e. The monoisotopic (exact) mass is 674 g/mol. The van der Waals surface area contributed by atoms with Gasteiger partial charge in [-0.2, -0.15) is 0 Å². The second kappa shape index (κ2) is 11.2. The summed E-state index contributed by atoms with van der Waals surface area (Å²) in [4.78, 5) is 9.55. The molecule has 1 aliphatic heterocycles. The molecule has 1 aliphatic carbocycles. The molecule has 0 radical (unpaired) electrons. The van der Waals surface area contributed by atoms with Crippen LogP contribution in [0.1, 0.15) is 17.7 Å². The minimum absolute atomic E-state index is 0.0822. The van der Waals surface area contributed by atoms with E-state index in [1.807, 2.05) is 31.5 Å². The van der Waals surface area contributed by atoms with Gasteiger partial charge in [-0.3, -0.25) is 9.98 Å². The zero-order valence-corrected chi connectivity index (χ0v) is 28.9. The number of para-hydroxylation sites is 1. The van der Waals surface area contributed by atoms with E-state index < -0.39 is 0 Å². The summed E-state index contributed by atoms with van der Waals surface area (Å²) < 4.78 is 2.36. The summed E-state index contributed by atoms with van der Waals surface area (Å²) in [5, 5.41) is 9.25. The average Bonchev–Trinajstić information content (AvgIpc) is 3.57. The first-order chi connectivity index (χ1) is 26.1. The van der Waals surface area contributed by atoms with Gasteiger partial charge < -0.3 is 10.3 Å². The lowest BCUT2D eigenvalue weighted by Gasteiger charge is -2.23. The van der Waals surface area contributed by atoms with Crippen molar-refractivity contribution in [3.05, 3.63) is 151 Å². The number of aliphatic imine (C=N–C) groups is 1. The third-order valence-corrected chi connectivity index (χ3v) is 11.2. The largest absolute Gasteiger partial charge is 0.397 e. The SMILES string of the molecule is Cc1ccc2c(-c3ccc4c5ccc(-c6ccc(-c7c8n(c9ccccc79)C7=CC#CCC7N=C8)cc6)cc5c5c#cccc5c4c3)ccnc2c1N. The molecule has 0 saturated carbocycles. The number of rotatable bonds is 3. The molecule has 0 saturated heterocycles. The van der Waals surface area contributed by atoms with E-state index in [-0.39, 0.29) is 6.04 Å². The second-order valence-electron chi connectivity index (χ2n) is 14.0. The molecule has 3 heterocycles. The van der Waals surface area contributed by atoms with Crippen LogP contribution < -0.4 is 5.73 Å². The van der Waals surface area contributed by atoms with E-state index in [0.717, 1.165) is 73.0 Å². The lowest BCUT2D eigenvalue weighted by Crippen LogP contribution is -2.20. The van der Waals surface area contributed by atoms with Gasteiger partial charge in [-0.1, -0.05) is 103 Å². The molecule has 0 bridgehead atoms. The Morgan fingerprint density at radius 3 is 2.40 bits per heavy atom. The predicted octanol–water partition coefficient (Wildman–Crippen LogP) is 11.2. The number of pyridine rings is 1. The highest BCUT2D eigenvalue weighted by Gasteiger charge is 2.27. The smallest absolute Gasteiger partial charge is 0.102 e. The number of aryl methyl sites for hydroxylation is 1. The number of nitrogens with two attached hydrogens (primary N) is 1. The van der Waals surface area contributed by atoms with Gasteiger partial charge in [0.25, 0.3) is 0 Å². The van der Waals surface area contributed by atoms with E-state index in [1.165, 1.54) is 43.6 Å². The first kappa shape index (κ1) is 29.6. The van der Waals surface area contributed by atoms with E-state index in [0.29, 0.717) is 0 Å². The third-order valence-electron chi connectivity index (χ3n) is 11.2. The lowest BCUT2D eigenvalue weighted by molar-refractivity contribution is 0.805. The van der Waals surface area contributed by atoms with Crippen molar-refractivity contribution in [3.8, 4) is 45.2 Å². The van der Waals surface area contributed by atoms with Crippen molar-refractivity contribution in [2.45, 2.75) is 19.4 Å². The first-order valence-corrected chi connectivity index (χ1v) is 17.9. The Morgan fingerprint density at radius 1 is 0.717 bits per heavy atom. The van der Waals surface area contributed by atoms with Gasteiger partial charge in [-0.25, -0.2) is 0 Å². The number of anilines is 1. The van der Waals surface area contributed by atoms with Crippen LogP contribution in [0.25, 0.3) is 93.2 Å². The van der Waals surface area contributed by atoms with Gasteiger partial charge >= 0.3 is 0 Å². The van der Waals surface area contributed by atoms with Gasteiger partial charge in [0, 0.05) is 46.6 Å². The van der Waals surface area contributed by atoms with Crippen LogP contribution in [0.2, 0.25) is 0 Å². The Labute approximate surface area is 306 Å². The quantitative estimate of drug-likeness (QED) is 0.115. The number of benzene rings is 6. The molecule has 9 aromatic rings. The van der Waals surface area contributed by atoms with E-state index in [4.69, 9.17) is 10.7 Å². The Bertz CT molecular complexity index is 3150. The summed E-state index contributed by atoms with van der Waals surface area (Å²) in [6.45, 7) is 2.02. The number of nitrogen functional groups attached to an aromatic ring is 1. The van der Waals surface area contributed by atoms with Crippen molar-refractivity contribution in [3.63, 3.8) is 0 Å². The van der Waals surface area contributed by atoms with Crippen molar-refractivity contribution in [1.29, 1.82) is 0 Å². The molecule has 1 unspecified atom stereocenters. The van der Waals surface area contributed by atoms with E-state index >= 15 is 0 Å². The number of aromatic nitrogens is 2. The maximum atomic E-state index is 6.46. The van der Waals surface area contributed by atoms with Gasteiger partial charge in [-0.05, 0) is 104 Å². The van der Waals surface area contributed by atoms with Crippen LogP contribution in [0.4, 0.5) is 5.69 Å². The maximum absolute atomic E-state index is 6.46. The van der Waals surface area contributed by atoms with Crippen molar-refractivity contribution >= 4 is 71.7 Å². The van der Waals surface area contributed by atoms with Gasteiger partial charge in [0.15, 0.2) is 0 Å². The summed E-state index contributed by atoms with van der Waals surface area (Å²) >= 11 is 0. The molecule has 2 aromatic heterocycles. The van der Waals surface area contributed by atoms with Crippen LogP contribution in [0.5, 0.6) is 0 Å². The highest BCUT2D eigenvalue weighted by atomic mass is 15.1. The molecule has 0 amide bonds. The molecule has 4 nitrogen and oxygen atoms in total. The van der Waals surface area contributed by atoms with Crippen LogP contribution in [-0.2, 0) is 0 Å². The van der Waals surface area contributed by atoms with Crippen LogP contribution in [0, 0.1) is 30.9 Å². The van der Waals surface area contributed by atoms with E-state index in [9.17, 15) is 0 Å². The zero-order valence-electron chi connectivity index (χ0n) is 28.9. The summed E-state index contributed by atoms with van der Waals surface area (Å²) in [7, 11) is 0. The Hall–Kier alpha value is -7.14. The van der Waals surface area contributed by atoms with Gasteiger partial charge in [0.2, 0.25) is 0 Å². The molecule has 53 heavy (non-hydrogen) atoms. The Balaban J connectivity index is 1.03. The molecule has 246 valence electrons. The van der Waals surface area contributed by atoms with Crippen molar-refractivity contribution < 1.29 is 0 Å². The number of hydrogen-bond donors (Lipinski definition) is 1. The normalized spacial score (nSPS) is 14.6. The highest BCUT2D eigenvalue weighted by molar-refractivity contribution is 6.26. The predicted molar refractivity (Wildman–Crippen MR) is 221 cm³/mol.